The van der Waals surface area contributed by atoms with Gasteiger partial charge in [-0.3, -0.25) is 14.4 Å². The van der Waals surface area contributed by atoms with E-state index in [0.717, 1.165) is 22.4 Å². The molecule has 8 nitrogen and oxygen atoms in total. The van der Waals surface area contributed by atoms with Gasteiger partial charge in [-0.1, -0.05) is 36.4 Å². The second-order valence-corrected chi connectivity index (χ2v) is 7.57. The molecule has 0 radical (unpaired) electrons. The van der Waals surface area contributed by atoms with Crippen LogP contribution in [0.2, 0.25) is 0 Å². The molecule has 3 aromatic rings. The van der Waals surface area contributed by atoms with E-state index in [1.165, 1.54) is 6.21 Å². The Morgan fingerprint density at radius 2 is 1.62 bits per heavy atom. The predicted octanol–water partition coefficient (Wildman–Crippen LogP) is 3.09. The summed E-state index contributed by atoms with van der Waals surface area (Å²) in [6, 6.07) is 21.8. The van der Waals surface area contributed by atoms with Crippen molar-refractivity contribution in [3.05, 3.63) is 95.1 Å². The Hall–Kier alpha value is -4.46. The van der Waals surface area contributed by atoms with Crippen molar-refractivity contribution in [3.63, 3.8) is 0 Å². The molecule has 34 heavy (non-hydrogen) atoms. The zero-order chi connectivity index (χ0) is 24.3. The third-order valence-electron chi connectivity index (χ3n) is 4.92. The first-order valence-corrected chi connectivity index (χ1v) is 10.7. The molecular formula is C26H26N4O4. The molecule has 0 unspecified atom stereocenters. The molecular weight excluding hydrogens is 432 g/mol. The van der Waals surface area contributed by atoms with Crippen LogP contribution in [0.1, 0.15) is 22.3 Å². The molecule has 3 amide bonds. The Labute approximate surface area is 198 Å². The standard InChI is InChI=1S/C26H26N4O4/c1-18-8-11-22(14-19(18)2)29-24(31)17-34-23-12-9-21(10-13-23)16-28-30-26(33)25(32)27-15-20-6-4-3-5-7-20/h3-14,16H,15,17H2,1-2H3,(H,27,32)(H,29,31)(H,30,33)/b28-16-. The van der Waals surface area contributed by atoms with Gasteiger partial charge in [-0.05, 0) is 72.5 Å². The zero-order valence-corrected chi connectivity index (χ0v) is 19.0. The van der Waals surface area contributed by atoms with Gasteiger partial charge in [-0.2, -0.15) is 5.10 Å². The van der Waals surface area contributed by atoms with Gasteiger partial charge in [0.2, 0.25) is 0 Å². The molecule has 0 aliphatic rings. The third kappa shape index (κ3) is 7.59. The monoisotopic (exact) mass is 458 g/mol. The number of hydrazone groups is 1. The topological polar surface area (TPSA) is 109 Å². The minimum atomic E-state index is -0.859. The molecule has 0 aliphatic heterocycles. The minimum Gasteiger partial charge on any atom is -0.484 e. The highest BCUT2D eigenvalue weighted by Gasteiger charge is 2.11. The Kier molecular flexibility index (Phi) is 8.51. The smallest absolute Gasteiger partial charge is 0.329 e. The normalized spacial score (nSPS) is 10.5. The molecule has 3 N–H and O–H groups in total. The summed E-state index contributed by atoms with van der Waals surface area (Å²) in [5.41, 5.74) is 6.73. The molecule has 0 atom stereocenters. The van der Waals surface area contributed by atoms with Crippen LogP contribution in [0.4, 0.5) is 5.69 Å². The fourth-order valence-corrected chi connectivity index (χ4v) is 2.89. The number of ether oxygens (including phenoxy) is 1. The van der Waals surface area contributed by atoms with E-state index in [2.05, 4.69) is 21.2 Å². The number of nitrogens with zero attached hydrogens (tertiary/aromatic N) is 1. The van der Waals surface area contributed by atoms with Gasteiger partial charge >= 0.3 is 11.8 Å². The molecule has 3 rings (SSSR count). The average molecular weight is 459 g/mol. The van der Waals surface area contributed by atoms with Crippen molar-refractivity contribution in [2.45, 2.75) is 20.4 Å². The molecule has 0 fully saturated rings. The summed E-state index contributed by atoms with van der Waals surface area (Å²) in [5, 5.41) is 9.11. The molecule has 0 bridgehead atoms. The summed E-state index contributed by atoms with van der Waals surface area (Å²) in [7, 11) is 0. The van der Waals surface area contributed by atoms with E-state index in [1.54, 1.807) is 24.3 Å². The van der Waals surface area contributed by atoms with E-state index in [0.29, 0.717) is 11.3 Å². The number of aryl methyl sites for hydroxylation is 2. The van der Waals surface area contributed by atoms with Crippen LogP contribution >= 0.6 is 0 Å². The summed E-state index contributed by atoms with van der Waals surface area (Å²) in [6.07, 6.45) is 1.40. The largest absolute Gasteiger partial charge is 0.484 e. The Balaban J connectivity index is 1.40. The van der Waals surface area contributed by atoms with Gasteiger partial charge in [0.05, 0.1) is 6.21 Å². The summed E-state index contributed by atoms with van der Waals surface area (Å²) in [6.45, 7) is 4.12. The number of carbonyl (C=O) groups is 3. The fraction of sp³-hybridized carbons (Fsp3) is 0.154. The van der Waals surface area contributed by atoms with Crippen molar-refractivity contribution in [2.75, 3.05) is 11.9 Å². The maximum absolute atomic E-state index is 12.1. The predicted molar refractivity (Wildman–Crippen MR) is 131 cm³/mol. The van der Waals surface area contributed by atoms with Crippen molar-refractivity contribution >= 4 is 29.6 Å². The highest BCUT2D eigenvalue weighted by molar-refractivity contribution is 6.35. The number of carbonyl (C=O) groups excluding carboxylic acids is 3. The van der Waals surface area contributed by atoms with Gasteiger partial charge in [-0.25, -0.2) is 5.43 Å². The molecule has 3 aromatic carbocycles. The van der Waals surface area contributed by atoms with Crippen molar-refractivity contribution < 1.29 is 19.1 Å². The quantitative estimate of drug-likeness (QED) is 0.274. The van der Waals surface area contributed by atoms with E-state index in [1.807, 2.05) is 62.4 Å². The van der Waals surface area contributed by atoms with Crippen LogP contribution in [0.25, 0.3) is 0 Å². The average Bonchev–Trinajstić information content (AvgIpc) is 2.85. The van der Waals surface area contributed by atoms with Crippen LogP contribution in [0, 0.1) is 13.8 Å². The maximum Gasteiger partial charge on any atom is 0.329 e. The van der Waals surface area contributed by atoms with E-state index in [-0.39, 0.29) is 19.1 Å². The van der Waals surface area contributed by atoms with E-state index in [9.17, 15) is 14.4 Å². The molecule has 8 heteroatoms. The van der Waals surface area contributed by atoms with Gasteiger partial charge in [0.25, 0.3) is 5.91 Å². The lowest BCUT2D eigenvalue weighted by atomic mass is 10.1. The summed E-state index contributed by atoms with van der Waals surface area (Å²) in [5.74, 6) is -1.38. The first-order chi connectivity index (χ1) is 16.4. The van der Waals surface area contributed by atoms with Crippen LogP contribution in [-0.4, -0.2) is 30.5 Å². The van der Waals surface area contributed by atoms with E-state index >= 15 is 0 Å². The number of nitrogens with one attached hydrogen (secondary N) is 3. The number of rotatable bonds is 8. The fourth-order valence-electron chi connectivity index (χ4n) is 2.89. The van der Waals surface area contributed by atoms with Gasteiger partial charge < -0.3 is 15.4 Å². The molecule has 174 valence electrons. The lowest BCUT2D eigenvalue weighted by molar-refractivity contribution is -0.139. The summed E-state index contributed by atoms with van der Waals surface area (Å²) in [4.78, 5) is 35.8. The Morgan fingerprint density at radius 3 is 2.32 bits per heavy atom. The Bertz CT molecular complexity index is 1180. The Morgan fingerprint density at radius 1 is 0.882 bits per heavy atom. The van der Waals surface area contributed by atoms with Gasteiger partial charge in [0.1, 0.15) is 5.75 Å². The first-order valence-electron chi connectivity index (χ1n) is 10.7. The van der Waals surface area contributed by atoms with Crippen LogP contribution in [0.15, 0.2) is 77.9 Å². The molecule has 0 aromatic heterocycles. The third-order valence-corrected chi connectivity index (χ3v) is 4.92. The lowest BCUT2D eigenvalue weighted by Gasteiger charge is -2.09. The highest BCUT2D eigenvalue weighted by Crippen LogP contribution is 2.15. The number of hydrogen-bond acceptors (Lipinski definition) is 5. The highest BCUT2D eigenvalue weighted by atomic mass is 16.5. The van der Waals surface area contributed by atoms with E-state index in [4.69, 9.17) is 4.74 Å². The number of hydrogen-bond donors (Lipinski definition) is 3. The van der Waals surface area contributed by atoms with Crippen molar-refractivity contribution in [3.8, 4) is 5.75 Å². The summed E-state index contributed by atoms with van der Waals surface area (Å²) >= 11 is 0. The number of anilines is 1. The van der Waals surface area contributed by atoms with Gasteiger partial charge in [0.15, 0.2) is 6.61 Å². The molecule has 0 saturated heterocycles. The zero-order valence-electron chi connectivity index (χ0n) is 19.0. The number of amides is 3. The second kappa shape index (κ2) is 12.0. The second-order valence-electron chi connectivity index (χ2n) is 7.57. The van der Waals surface area contributed by atoms with Crippen LogP contribution in [0.5, 0.6) is 5.75 Å². The minimum absolute atomic E-state index is 0.130. The van der Waals surface area contributed by atoms with Crippen LogP contribution in [0.3, 0.4) is 0 Å². The maximum atomic E-state index is 12.1. The number of benzene rings is 3. The molecule has 0 saturated carbocycles. The molecule has 0 aliphatic carbocycles. The summed E-state index contributed by atoms with van der Waals surface area (Å²) < 4.78 is 5.51. The van der Waals surface area contributed by atoms with Crippen molar-refractivity contribution in [2.24, 2.45) is 5.10 Å². The van der Waals surface area contributed by atoms with Crippen LogP contribution < -0.4 is 20.8 Å². The van der Waals surface area contributed by atoms with Crippen LogP contribution in [-0.2, 0) is 20.9 Å². The SMILES string of the molecule is Cc1ccc(NC(=O)COc2ccc(/C=N\NC(=O)C(=O)NCc3ccccc3)cc2)cc1C. The van der Waals surface area contributed by atoms with Gasteiger partial charge in [-0.15, -0.1) is 0 Å². The van der Waals surface area contributed by atoms with Crippen molar-refractivity contribution in [1.29, 1.82) is 0 Å². The molecule has 0 spiro atoms. The van der Waals surface area contributed by atoms with E-state index < -0.39 is 11.8 Å². The van der Waals surface area contributed by atoms with Crippen molar-refractivity contribution in [1.82, 2.24) is 10.7 Å². The molecule has 0 heterocycles. The lowest BCUT2D eigenvalue weighted by Crippen LogP contribution is -2.37. The van der Waals surface area contributed by atoms with Gasteiger partial charge in [0, 0.05) is 12.2 Å². The first kappa shape index (κ1) is 24.2.